The second-order valence-electron chi connectivity index (χ2n) is 3.00. The Morgan fingerprint density at radius 2 is 2.21 bits per heavy atom. The molecule has 72 valence electrons. The molecule has 2 aromatic rings. The van der Waals surface area contributed by atoms with Gasteiger partial charge in [-0.25, -0.2) is 4.79 Å². The second-order valence-corrected chi connectivity index (χ2v) is 5.30. The highest BCUT2D eigenvalue weighted by Crippen LogP contribution is 2.31. The van der Waals surface area contributed by atoms with Gasteiger partial charge in [-0.15, -0.1) is 11.3 Å². The molecule has 2 rings (SSSR count). The van der Waals surface area contributed by atoms with Crippen LogP contribution in [0.25, 0.3) is 10.1 Å². The zero-order valence-corrected chi connectivity index (χ0v) is 10.3. The van der Waals surface area contributed by atoms with E-state index in [2.05, 4.69) is 22.6 Å². The van der Waals surface area contributed by atoms with Gasteiger partial charge in [-0.3, -0.25) is 0 Å². The first-order valence-electron chi connectivity index (χ1n) is 4.01. The van der Waals surface area contributed by atoms with E-state index in [9.17, 15) is 4.79 Å². The first-order chi connectivity index (χ1) is 6.59. The molecule has 0 fully saturated rings. The van der Waals surface area contributed by atoms with E-state index in [1.165, 1.54) is 11.3 Å². The van der Waals surface area contributed by atoms with Crippen molar-refractivity contribution in [3.8, 4) is 0 Å². The van der Waals surface area contributed by atoms with Crippen molar-refractivity contribution in [2.24, 2.45) is 0 Å². The number of fused-ring (bicyclic) bond motifs is 1. The highest BCUT2D eigenvalue weighted by Gasteiger charge is 2.13. The van der Waals surface area contributed by atoms with Crippen LogP contribution >= 0.6 is 33.9 Å². The standard InChI is InChI=1S/C10H7IO2S/c1-5-7-4-6(11)2-3-8(7)14-9(5)10(12)13/h2-4H,1H3,(H,12,13). The van der Waals surface area contributed by atoms with Gasteiger partial charge in [0.2, 0.25) is 0 Å². The topological polar surface area (TPSA) is 37.3 Å². The van der Waals surface area contributed by atoms with Crippen molar-refractivity contribution in [1.29, 1.82) is 0 Å². The van der Waals surface area contributed by atoms with Crippen LogP contribution in [0.5, 0.6) is 0 Å². The second kappa shape index (κ2) is 3.51. The van der Waals surface area contributed by atoms with Gasteiger partial charge in [0.1, 0.15) is 4.88 Å². The third kappa shape index (κ3) is 1.52. The lowest BCUT2D eigenvalue weighted by Gasteiger charge is -1.92. The zero-order chi connectivity index (χ0) is 10.3. The number of rotatable bonds is 1. The zero-order valence-electron chi connectivity index (χ0n) is 7.37. The molecule has 14 heavy (non-hydrogen) atoms. The molecule has 0 radical (unpaired) electrons. The fraction of sp³-hybridized carbons (Fsp3) is 0.100. The summed E-state index contributed by atoms with van der Waals surface area (Å²) in [5.74, 6) is -0.835. The minimum Gasteiger partial charge on any atom is -0.477 e. The molecule has 0 spiro atoms. The normalized spacial score (nSPS) is 10.7. The van der Waals surface area contributed by atoms with Crippen molar-refractivity contribution in [2.75, 3.05) is 0 Å². The summed E-state index contributed by atoms with van der Waals surface area (Å²) in [5.41, 5.74) is 0.871. The Hall–Kier alpha value is -0.620. The number of carboxylic acid groups (broad SMARTS) is 1. The Kier molecular flexibility index (Phi) is 2.48. The number of benzene rings is 1. The average Bonchev–Trinajstić information content (AvgIpc) is 2.44. The lowest BCUT2D eigenvalue weighted by atomic mass is 10.1. The minimum atomic E-state index is -0.835. The first-order valence-corrected chi connectivity index (χ1v) is 5.91. The number of aromatic carboxylic acids is 1. The maximum Gasteiger partial charge on any atom is 0.346 e. The number of hydrogen-bond donors (Lipinski definition) is 1. The molecular formula is C10H7IO2S. The molecule has 1 heterocycles. The Balaban J connectivity index is 2.80. The molecule has 0 aliphatic heterocycles. The van der Waals surface area contributed by atoms with Gasteiger partial charge in [0, 0.05) is 8.27 Å². The van der Waals surface area contributed by atoms with Crippen molar-refractivity contribution in [1.82, 2.24) is 0 Å². The van der Waals surface area contributed by atoms with E-state index in [4.69, 9.17) is 5.11 Å². The quantitative estimate of drug-likeness (QED) is 0.817. The summed E-state index contributed by atoms with van der Waals surface area (Å²) in [5, 5.41) is 10.00. The summed E-state index contributed by atoms with van der Waals surface area (Å²) < 4.78 is 2.17. The Morgan fingerprint density at radius 1 is 1.50 bits per heavy atom. The Bertz CT molecular complexity index is 516. The molecule has 0 saturated heterocycles. The molecular weight excluding hydrogens is 311 g/mol. The molecule has 0 saturated carbocycles. The van der Waals surface area contributed by atoms with Gasteiger partial charge >= 0.3 is 5.97 Å². The number of halogens is 1. The Labute approximate surface area is 98.7 Å². The van der Waals surface area contributed by atoms with Gasteiger partial charge in [-0.1, -0.05) is 0 Å². The van der Waals surface area contributed by atoms with E-state index in [1.54, 1.807) is 0 Å². The third-order valence-electron chi connectivity index (χ3n) is 2.09. The molecule has 0 atom stereocenters. The lowest BCUT2D eigenvalue weighted by molar-refractivity contribution is 0.0701. The summed E-state index contributed by atoms with van der Waals surface area (Å²) in [6.45, 7) is 1.86. The smallest absolute Gasteiger partial charge is 0.346 e. The molecule has 0 aliphatic carbocycles. The highest BCUT2D eigenvalue weighted by molar-refractivity contribution is 14.1. The van der Waals surface area contributed by atoms with E-state index in [0.717, 1.165) is 19.2 Å². The van der Waals surface area contributed by atoms with Crippen LogP contribution in [0.1, 0.15) is 15.2 Å². The molecule has 1 aromatic carbocycles. The molecule has 1 N–H and O–H groups in total. The van der Waals surface area contributed by atoms with E-state index < -0.39 is 5.97 Å². The molecule has 0 unspecified atom stereocenters. The SMILES string of the molecule is Cc1c(C(=O)O)sc2ccc(I)cc12. The largest absolute Gasteiger partial charge is 0.477 e. The van der Waals surface area contributed by atoms with Crippen molar-refractivity contribution < 1.29 is 9.90 Å². The van der Waals surface area contributed by atoms with Crippen molar-refractivity contribution in [3.05, 3.63) is 32.2 Å². The van der Waals surface area contributed by atoms with E-state index in [1.807, 2.05) is 25.1 Å². The average molecular weight is 318 g/mol. The van der Waals surface area contributed by atoms with Crippen LogP contribution in [-0.2, 0) is 0 Å². The van der Waals surface area contributed by atoms with Crippen LogP contribution < -0.4 is 0 Å². The summed E-state index contributed by atoms with van der Waals surface area (Å²) >= 11 is 3.57. The van der Waals surface area contributed by atoms with Gasteiger partial charge in [0.05, 0.1) is 0 Å². The van der Waals surface area contributed by atoms with Gasteiger partial charge in [0.15, 0.2) is 0 Å². The van der Waals surface area contributed by atoms with Gasteiger partial charge < -0.3 is 5.11 Å². The maximum atomic E-state index is 10.9. The van der Waals surface area contributed by atoms with Crippen molar-refractivity contribution in [3.63, 3.8) is 0 Å². The number of hydrogen-bond acceptors (Lipinski definition) is 2. The van der Waals surface area contributed by atoms with Crippen molar-refractivity contribution in [2.45, 2.75) is 6.92 Å². The summed E-state index contributed by atoms with van der Waals surface area (Å²) in [6, 6.07) is 5.99. The first kappa shape index (κ1) is 9.92. The van der Waals surface area contributed by atoms with Gasteiger partial charge in [0.25, 0.3) is 0 Å². The van der Waals surface area contributed by atoms with E-state index in [0.29, 0.717) is 4.88 Å². The van der Waals surface area contributed by atoms with Crippen LogP contribution in [0.15, 0.2) is 18.2 Å². The van der Waals surface area contributed by atoms with Gasteiger partial charge in [-0.2, -0.15) is 0 Å². The molecule has 1 aromatic heterocycles. The van der Waals surface area contributed by atoms with E-state index in [-0.39, 0.29) is 0 Å². The van der Waals surface area contributed by atoms with E-state index >= 15 is 0 Å². The number of carboxylic acids is 1. The van der Waals surface area contributed by atoms with Crippen LogP contribution in [-0.4, -0.2) is 11.1 Å². The minimum absolute atomic E-state index is 0.446. The molecule has 0 amide bonds. The highest BCUT2D eigenvalue weighted by atomic mass is 127. The number of carbonyl (C=O) groups is 1. The lowest BCUT2D eigenvalue weighted by Crippen LogP contribution is -1.93. The monoisotopic (exact) mass is 318 g/mol. The fourth-order valence-corrected chi connectivity index (χ4v) is 2.92. The number of aryl methyl sites for hydroxylation is 1. The molecule has 0 aliphatic rings. The van der Waals surface area contributed by atoms with Crippen LogP contribution in [0.2, 0.25) is 0 Å². The summed E-state index contributed by atoms with van der Waals surface area (Å²) in [6.07, 6.45) is 0. The van der Waals surface area contributed by atoms with Crippen LogP contribution in [0.3, 0.4) is 0 Å². The van der Waals surface area contributed by atoms with Gasteiger partial charge in [-0.05, 0) is 58.7 Å². The number of thiophene rings is 1. The summed E-state index contributed by atoms with van der Waals surface area (Å²) in [4.78, 5) is 11.3. The molecule has 4 heteroatoms. The van der Waals surface area contributed by atoms with Crippen LogP contribution in [0, 0.1) is 10.5 Å². The molecule has 0 bridgehead atoms. The fourth-order valence-electron chi connectivity index (χ4n) is 1.40. The predicted octanol–water partition coefficient (Wildman–Crippen LogP) is 3.51. The molecule has 2 nitrogen and oxygen atoms in total. The van der Waals surface area contributed by atoms with Crippen LogP contribution in [0.4, 0.5) is 0 Å². The Morgan fingerprint density at radius 3 is 2.86 bits per heavy atom. The summed E-state index contributed by atoms with van der Waals surface area (Å²) in [7, 11) is 0. The maximum absolute atomic E-state index is 10.9. The third-order valence-corrected chi connectivity index (χ3v) is 4.02. The van der Waals surface area contributed by atoms with Crippen molar-refractivity contribution >= 4 is 50.0 Å². The predicted molar refractivity (Wildman–Crippen MR) is 66.2 cm³/mol.